The minimum Gasteiger partial charge on any atom is -0.273 e. The smallest absolute Gasteiger partial charge is 0.244 e. The average Bonchev–Trinajstić information content (AvgIpc) is 2.38. The average molecular weight is 244 g/mol. The van der Waals surface area contributed by atoms with Crippen LogP contribution in [-0.2, 0) is 11.2 Å². The van der Waals surface area contributed by atoms with Crippen LogP contribution in [0, 0.1) is 5.92 Å². The molecule has 1 saturated carbocycles. The third-order valence-corrected chi connectivity index (χ3v) is 3.29. The Hall–Kier alpha value is -1.64. The van der Waals surface area contributed by atoms with Crippen LogP contribution in [0.3, 0.4) is 0 Å². The summed E-state index contributed by atoms with van der Waals surface area (Å²) in [6.07, 6.45) is 4.90. The number of hydrazone groups is 1. The Morgan fingerprint density at radius 2 is 2.17 bits per heavy atom. The summed E-state index contributed by atoms with van der Waals surface area (Å²) in [5.74, 6) is 0.662. The Labute approximate surface area is 108 Å². The molecule has 96 valence electrons. The van der Waals surface area contributed by atoms with E-state index in [2.05, 4.69) is 17.5 Å². The molecule has 1 aromatic rings. The highest BCUT2D eigenvalue weighted by atomic mass is 16.2. The molecule has 0 heterocycles. The molecule has 1 aromatic carbocycles. The van der Waals surface area contributed by atoms with Gasteiger partial charge >= 0.3 is 0 Å². The number of rotatable bonds is 3. The van der Waals surface area contributed by atoms with Gasteiger partial charge in [-0.2, -0.15) is 5.10 Å². The van der Waals surface area contributed by atoms with Crippen molar-refractivity contribution in [2.45, 2.75) is 39.0 Å². The Balaban J connectivity index is 1.83. The van der Waals surface area contributed by atoms with E-state index in [4.69, 9.17) is 0 Å². The number of benzene rings is 1. The molecule has 2 rings (SSSR count). The Morgan fingerprint density at radius 1 is 1.39 bits per heavy atom. The highest BCUT2D eigenvalue weighted by molar-refractivity contribution is 5.87. The summed E-state index contributed by atoms with van der Waals surface area (Å²) in [5, 5.41) is 4.25. The first-order valence-corrected chi connectivity index (χ1v) is 6.62. The van der Waals surface area contributed by atoms with E-state index in [0.717, 1.165) is 24.1 Å². The molecular formula is C15H20N2O. The molecule has 3 nitrogen and oxygen atoms in total. The van der Waals surface area contributed by atoms with Crippen molar-refractivity contribution in [3.05, 3.63) is 35.9 Å². The van der Waals surface area contributed by atoms with Crippen molar-refractivity contribution in [3.63, 3.8) is 0 Å². The predicted molar refractivity (Wildman–Crippen MR) is 73.4 cm³/mol. The van der Waals surface area contributed by atoms with Gasteiger partial charge in [-0.25, -0.2) is 5.43 Å². The van der Waals surface area contributed by atoms with Gasteiger partial charge in [-0.3, -0.25) is 4.79 Å². The van der Waals surface area contributed by atoms with Crippen LogP contribution in [0.15, 0.2) is 35.4 Å². The van der Waals surface area contributed by atoms with Crippen LogP contribution in [0.5, 0.6) is 0 Å². The minimum absolute atomic E-state index is 0.0353. The molecule has 0 unspecified atom stereocenters. The highest BCUT2D eigenvalue weighted by Gasteiger charge is 2.14. The van der Waals surface area contributed by atoms with Crippen molar-refractivity contribution >= 4 is 11.6 Å². The largest absolute Gasteiger partial charge is 0.273 e. The fraction of sp³-hybridized carbons (Fsp3) is 0.467. The van der Waals surface area contributed by atoms with Crippen LogP contribution in [-0.4, -0.2) is 11.6 Å². The van der Waals surface area contributed by atoms with Gasteiger partial charge < -0.3 is 0 Å². The van der Waals surface area contributed by atoms with Crippen LogP contribution >= 0.6 is 0 Å². The summed E-state index contributed by atoms with van der Waals surface area (Å²) in [6.45, 7) is 2.24. The number of carbonyl (C=O) groups excluding carboxylic acids is 1. The van der Waals surface area contributed by atoms with Gasteiger partial charge in [0.1, 0.15) is 0 Å². The maximum Gasteiger partial charge on any atom is 0.244 e. The summed E-state index contributed by atoms with van der Waals surface area (Å²) in [5.41, 5.74) is 4.83. The Morgan fingerprint density at radius 3 is 2.89 bits per heavy atom. The van der Waals surface area contributed by atoms with Gasteiger partial charge in [0.25, 0.3) is 0 Å². The lowest BCUT2D eigenvalue weighted by Gasteiger charge is -2.18. The van der Waals surface area contributed by atoms with Crippen molar-refractivity contribution < 1.29 is 4.79 Å². The monoisotopic (exact) mass is 244 g/mol. The highest BCUT2D eigenvalue weighted by Crippen LogP contribution is 2.20. The molecule has 1 fully saturated rings. The molecule has 1 aliphatic carbocycles. The topological polar surface area (TPSA) is 41.5 Å². The first-order valence-electron chi connectivity index (χ1n) is 6.62. The second kappa shape index (κ2) is 6.34. The van der Waals surface area contributed by atoms with Gasteiger partial charge in [-0.1, -0.05) is 37.3 Å². The van der Waals surface area contributed by atoms with E-state index in [1.165, 1.54) is 12.8 Å². The molecule has 0 aliphatic heterocycles. The lowest BCUT2D eigenvalue weighted by Crippen LogP contribution is -2.23. The van der Waals surface area contributed by atoms with Crippen LogP contribution in [0.2, 0.25) is 0 Å². The predicted octanol–water partition coefficient (Wildman–Crippen LogP) is 2.91. The van der Waals surface area contributed by atoms with Crippen molar-refractivity contribution in [1.82, 2.24) is 5.43 Å². The summed E-state index contributed by atoms with van der Waals surface area (Å²) >= 11 is 0. The van der Waals surface area contributed by atoms with Crippen LogP contribution in [0.4, 0.5) is 0 Å². The van der Waals surface area contributed by atoms with Crippen LogP contribution in [0.25, 0.3) is 0 Å². The van der Waals surface area contributed by atoms with E-state index in [1.54, 1.807) is 0 Å². The number of amides is 1. The zero-order valence-electron chi connectivity index (χ0n) is 10.9. The normalized spacial score (nSPS) is 21.8. The van der Waals surface area contributed by atoms with Crippen molar-refractivity contribution in [1.29, 1.82) is 0 Å². The van der Waals surface area contributed by atoms with E-state index < -0.39 is 0 Å². The zero-order valence-corrected chi connectivity index (χ0v) is 10.9. The summed E-state index contributed by atoms with van der Waals surface area (Å²) in [6, 6.07) is 9.74. The third-order valence-electron chi connectivity index (χ3n) is 3.29. The van der Waals surface area contributed by atoms with E-state index in [9.17, 15) is 4.79 Å². The first-order chi connectivity index (χ1) is 8.74. The van der Waals surface area contributed by atoms with Crippen molar-refractivity contribution in [2.75, 3.05) is 0 Å². The SMILES string of the molecule is C[C@H]1CCCC(=NNC(=O)Cc2ccccc2)C1. The standard InChI is InChI=1S/C15H20N2O/c1-12-6-5-9-14(10-12)16-17-15(18)11-13-7-3-2-4-8-13/h2-4,7-8,12H,5-6,9-11H2,1H3,(H,17,18)/t12-/m0/s1. The lowest BCUT2D eigenvalue weighted by atomic mass is 9.89. The molecule has 1 aliphatic rings. The lowest BCUT2D eigenvalue weighted by molar-refractivity contribution is -0.120. The van der Waals surface area contributed by atoms with E-state index in [0.29, 0.717) is 12.3 Å². The fourth-order valence-corrected chi connectivity index (χ4v) is 2.32. The molecular weight excluding hydrogens is 224 g/mol. The molecule has 1 atom stereocenters. The van der Waals surface area contributed by atoms with Gasteiger partial charge in [0, 0.05) is 5.71 Å². The first kappa shape index (κ1) is 12.8. The molecule has 3 heteroatoms. The number of hydrogen-bond donors (Lipinski definition) is 1. The molecule has 0 bridgehead atoms. The molecule has 18 heavy (non-hydrogen) atoms. The maximum absolute atomic E-state index is 11.7. The van der Waals surface area contributed by atoms with Crippen LogP contribution < -0.4 is 5.43 Å². The van der Waals surface area contributed by atoms with Gasteiger partial charge in [0.2, 0.25) is 5.91 Å². The summed E-state index contributed by atoms with van der Waals surface area (Å²) in [4.78, 5) is 11.7. The fourth-order valence-electron chi connectivity index (χ4n) is 2.32. The number of hydrogen-bond acceptors (Lipinski definition) is 2. The van der Waals surface area contributed by atoms with E-state index in [-0.39, 0.29) is 5.91 Å². The van der Waals surface area contributed by atoms with Gasteiger partial charge in [0.05, 0.1) is 6.42 Å². The van der Waals surface area contributed by atoms with Crippen LogP contribution in [0.1, 0.15) is 38.2 Å². The Kier molecular flexibility index (Phi) is 4.51. The van der Waals surface area contributed by atoms with E-state index in [1.807, 2.05) is 30.3 Å². The molecule has 0 spiro atoms. The second-order valence-corrected chi connectivity index (χ2v) is 5.08. The van der Waals surface area contributed by atoms with Gasteiger partial charge in [-0.05, 0) is 37.2 Å². The van der Waals surface area contributed by atoms with E-state index >= 15 is 0 Å². The Bertz CT molecular complexity index is 425. The molecule has 1 N–H and O–H groups in total. The molecule has 0 aromatic heterocycles. The number of nitrogens with zero attached hydrogens (tertiary/aromatic N) is 1. The zero-order chi connectivity index (χ0) is 12.8. The van der Waals surface area contributed by atoms with Gasteiger partial charge in [0.15, 0.2) is 0 Å². The minimum atomic E-state index is -0.0353. The van der Waals surface area contributed by atoms with Gasteiger partial charge in [-0.15, -0.1) is 0 Å². The number of nitrogens with one attached hydrogen (secondary N) is 1. The summed E-state index contributed by atoms with van der Waals surface area (Å²) < 4.78 is 0. The second-order valence-electron chi connectivity index (χ2n) is 5.08. The number of carbonyl (C=O) groups is 1. The maximum atomic E-state index is 11.7. The molecule has 1 amide bonds. The third kappa shape index (κ3) is 3.99. The quantitative estimate of drug-likeness (QED) is 0.816. The molecule has 0 saturated heterocycles. The van der Waals surface area contributed by atoms with Crippen molar-refractivity contribution in [2.24, 2.45) is 11.0 Å². The summed E-state index contributed by atoms with van der Waals surface area (Å²) in [7, 11) is 0. The molecule has 0 radical (unpaired) electrons. The van der Waals surface area contributed by atoms with Crippen molar-refractivity contribution in [3.8, 4) is 0 Å².